The molecule has 2 nitrogen and oxygen atoms in total. The summed E-state index contributed by atoms with van der Waals surface area (Å²) in [6.45, 7) is 19.3. The zero-order valence-corrected chi connectivity index (χ0v) is 27.9. The van der Waals surface area contributed by atoms with E-state index in [1.807, 2.05) is 0 Å². The highest BCUT2D eigenvalue weighted by atomic mass is 31.1. The molecular formula is C37H54NOP. The summed E-state index contributed by atoms with van der Waals surface area (Å²) in [5, 5.41) is 1.44. The minimum Gasteiger partial charge on any atom is -0.488 e. The minimum atomic E-state index is -0.0460. The molecule has 0 aliphatic rings. The van der Waals surface area contributed by atoms with Gasteiger partial charge in [0.05, 0.1) is 0 Å². The maximum atomic E-state index is 6.97. The van der Waals surface area contributed by atoms with Crippen molar-refractivity contribution in [2.75, 3.05) is 19.0 Å². The molecule has 0 aliphatic carbocycles. The molecule has 0 saturated carbocycles. The van der Waals surface area contributed by atoms with Crippen molar-refractivity contribution in [1.29, 1.82) is 0 Å². The first kappa shape index (κ1) is 32.2. The van der Waals surface area contributed by atoms with Crippen LogP contribution < -0.4 is 14.9 Å². The molecule has 3 rings (SSSR count). The number of benzene rings is 3. The molecule has 3 heteroatoms. The zero-order valence-electron chi connectivity index (χ0n) is 26.9. The number of ether oxygens (including phenoxy) is 1. The summed E-state index contributed by atoms with van der Waals surface area (Å²) in [5.41, 5.74) is 6.66. The van der Waals surface area contributed by atoms with Crippen molar-refractivity contribution in [3.63, 3.8) is 0 Å². The summed E-state index contributed by atoms with van der Waals surface area (Å²) in [6.07, 6.45) is 5.95. The van der Waals surface area contributed by atoms with E-state index in [4.69, 9.17) is 4.74 Å². The molecule has 0 saturated heterocycles. The van der Waals surface area contributed by atoms with Crippen LogP contribution in [-0.4, -0.2) is 14.1 Å². The van der Waals surface area contributed by atoms with E-state index in [0.29, 0.717) is 15.2 Å². The number of unbranched alkanes of at least 4 members (excludes halogenated alkanes) is 2. The number of hydrogen-bond donors (Lipinski definition) is 0. The topological polar surface area (TPSA) is 12.5 Å². The van der Waals surface area contributed by atoms with Crippen LogP contribution in [0.25, 0.3) is 0 Å². The molecular weight excluding hydrogens is 505 g/mol. The van der Waals surface area contributed by atoms with Gasteiger partial charge in [-0.15, -0.1) is 0 Å². The molecule has 0 radical (unpaired) electrons. The Bertz CT molecular complexity index is 1220. The normalized spacial score (nSPS) is 13.9. The summed E-state index contributed by atoms with van der Waals surface area (Å²) in [6, 6.07) is 24.6. The van der Waals surface area contributed by atoms with Gasteiger partial charge in [0, 0.05) is 36.1 Å². The van der Waals surface area contributed by atoms with Crippen LogP contribution in [0.3, 0.4) is 0 Å². The molecule has 0 fully saturated rings. The van der Waals surface area contributed by atoms with Crippen molar-refractivity contribution >= 4 is 19.6 Å². The fourth-order valence-corrected chi connectivity index (χ4v) is 7.41. The van der Waals surface area contributed by atoms with Gasteiger partial charge in [-0.25, -0.2) is 0 Å². The van der Waals surface area contributed by atoms with Crippen LogP contribution in [0.1, 0.15) is 110 Å². The molecule has 0 amide bonds. The van der Waals surface area contributed by atoms with E-state index in [1.54, 1.807) is 0 Å². The van der Waals surface area contributed by atoms with Gasteiger partial charge < -0.3 is 9.64 Å². The molecule has 218 valence electrons. The van der Waals surface area contributed by atoms with Gasteiger partial charge in [0.2, 0.25) is 0 Å². The lowest BCUT2D eigenvalue weighted by Crippen LogP contribution is -2.28. The highest BCUT2D eigenvalue weighted by Gasteiger charge is 2.38. The predicted molar refractivity (Wildman–Crippen MR) is 179 cm³/mol. The van der Waals surface area contributed by atoms with Crippen LogP contribution in [0, 0.1) is 0 Å². The third kappa shape index (κ3) is 7.91. The number of hydrogen-bond acceptors (Lipinski definition) is 2. The fraction of sp³-hybridized carbons (Fsp3) is 0.514. The third-order valence-corrected chi connectivity index (χ3v) is 10.1. The SMILES string of the molecule is CCCCCC(CC)(Pc1ccccc1N(C)C)c1cc(C(C)(C)C)cc(C(C)(C)C)c1OCc1ccccc1. The Morgan fingerprint density at radius 3 is 1.95 bits per heavy atom. The first-order chi connectivity index (χ1) is 18.8. The molecule has 40 heavy (non-hydrogen) atoms. The maximum absolute atomic E-state index is 6.97. The van der Waals surface area contributed by atoms with Gasteiger partial charge in [0.15, 0.2) is 0 Å². The molecule has 0 spiro atoms. The Labute approximate surface area is 247 Å². The molecule has 3 aromatic rings. The Balaban J connectivity index is 2.33. The standard InChI is InChI=1S/C37H54NOP/c1-11-13-19-24-37(12-2,40-33-23-18-17-22-32(33)38(9)10)31-26-29(35(3,4)5)25-30(36(6,7)8)34(31)39-27-28-20-15-14-16-21-28/h14-18,20-23,25-26,40H,11-13,19,24,27H2,1-10H3. The quantitative estimate of drug-likeness (QED) is 0.162. The maximum Gasteiger partial charge on any atom is 0.127 e. The van der Waals surface area contributed by atoms with E-state index in [9.17, 15) is 0 Å². The summed E-state index contributed by atoms with van der Waals surface area (Å²) in [4.78, 5) is 2.27. The van der Waals surface area contributed by atoms with Gasteiger partial charge in [-0.05, 0) is 46.2 Å². The second-order valence-electron chi connectivity index (χ2n) is 13.6. The van der Waals surface area contributed by atoms with Crippen LogP contribution in [0.5, 0.6) is 5.75 Å². The van der Waals surface area contributed by atoms with E-state index < -0.39 is 0 Å². The molecule has 2 unspecified atom stereocenters. The smallest absolute Gasteiger partial charge is 0.127 e. The van der Waals surface area contributed by atoms with Crippen LogP contribution in [0.4, 0.5) is 5.69 Å². The van der Waals surface area contributed by atoms with Crippen molar-refractivity contribution in [1.82, 2.24) is 0 Å². The summed E-state index contributed by atoms with van der Waals surface area (Å²) < 4.78 is 6.97. The third-order valence-electron chi connectivity index (χ3n) is 8.07. The molecule has 0 aliphatic heterocycles. The van der Waals surface area contributed by atoms with Gasteiger partial charge in [0.25, 0.3) is 0 Å². The number of nitrogens with zero attached hydrogens (tertiary/aromatic N) is 1. The molecule has 2 atom stereocenters. The van der Waals surface area contributed by atoms with Gasteiger partial charge >= 0.3 is 0 Å². The summed E-state index contributed by atoms with van der Waals surface area (Å²) >= 11 is 0. The zero-order chi connectivity index (χ0) is 29.6. The van der Waals surface area contributed by atoms with E-state index in [0.717, 1.165) is 18.6 Å². The summed E-state index contributed by atoms with van der Waals surface area (Å²) in [5.74, 6) is 1.11. The van der Waals surface area contributed by atoms with Crippen molar-refractivity contribution in [3.8, 4) is 5.75 Å². The Morgan fingerprint density at radius 2 is 1.38 bits per heavy atom. The highest BCUT2D eigenvalue weighted by molar-refractivity contribution is 7.49. The largest absolute Gasteiger partial charge is 0.488 e. The fourth-order valence-electron chi connectivity index (χ4n) is 5.48. The van der Waals surface area contributed by atoms with Gasteiger partial charge in [0.1, 0.15) is 12.4 Å². The first-order valence-electron chi connectivity index (χ1n) is 15.2. The van der Waals surface area contributed by atoms with Crippen LogP contribution in [0.15, 0.2) is 66.7 Å². The minimum absolute atomic E-state index is 0.00539. The Morgan fingerprint density at radius 1 is 0.750 bits per heavy atom. The average Bonchev–Trinajstić information content (AvgIpc) is 2.90. The van der Waals surface area contributed by atoms with E-state index in [2.05, 4.69) is 141 Å². The Kier molecular flexibility index (Phi) is 10.9. The van der Waals surface area contributed by atoms with Gasteiger partial charge in [-0.3, -0.25) is 0 Å². The van der Waals surface area contributed by atoms with E-state index in [-0.39, 0.29) is 16.0 Å². The van der Waals surface area contributed by atoms with Crippen molar-refractivity contribution in [2.24, 2.45) is 0 Å². The van der Waals surface area contributed by atoms with Gasteiger partial charge in [-0.1, -0.05) is 144 Å². The summed E-state index contributed by atoms with van der Waals surface area (Å²) in [7, 11) is 4.99. The van der Waals surface area contributed by atoms with Crippen molar-refractivity contribution in [2.45, 2.75) is 110 Å². The lowest BCUT2D eigenvalue weighted by atomic mass is 9.76. The second kappa shape index (κ2) is 13.6. The van der Waals surface area contributed by atoms with Crippen LogP contribution in [-0.2, 0) is 22.6 Å². The molecule has 0 N–H and O–H groups in total. The van der Waals surface area contributed by atoms with E-state index >= 15 is 0 Å². The lowest BCUT2D eigenvalue weighted by molar-refractivity contribution is 0.288. The Hall–Kier alpha value is -2.31. The average molecular weight is 560 g/mol. The number of anilines is 1. The number of para-hydroxylation sites is 1. The highest BCUT2D eigenvalue weighted by Crippen LogP contribution is 2.54. The monoisotopic (exact) mass is 559 g/mol. The molecule has 3 aromatic carbocycles. The van der Waals surface area contributed by atoms with E-state index in [1.165, 1.54) is 52.5 Å². The predicted octanol–water partition coefficient (Wildman–Crippen LogP) is 10.1. The lowest BCUT2D eigenvalue weighted by Gasteiger charge is -2.39. The molecule has 0 heterocycles. The second-order valence-corrected chi connectivity index (χ2v) is 15.3. The molecule has 0 bridgehead atoms. The van der Waals surface area contributed by atoms with Crippen molar-refractivity contribution < 1.29 is 4.74 Å². The number of rotatable bonds is 12. The van der Waals surface area contributed by atoms with Gasteiger partial charge in [-0.2, -0.15) is 0 Å². The van der Waals surface area contributed by atoms with Crippen LogP contribution in [0.2, 0.25) is 0 Å². The van der Waals surface area contributed by atoms with Crippen LogP contribution >= 0.6 is 8.58 Å². The first-order valence-corrected chi connectivity index (χ1v) is 16.2. The molecule has 0 aromatic heterocycles. The van der Waals surface area contributed by atoms with Crippen molar-refractivity contribution in [3.05, 3.63) is 89.0 Å².